The Bertz CT molecular complexity index is 1140. The van der Waals surface area contributed by atoms with Gasteiger partial charge in [0.25, 0.3) is 5.56 Å². The van der Waals surface area contributed by atoms with Crippen LogP contribution in [0.25, 0.3) is 11.0 Å². The fraction of sp³-hybridized carbons (Fsp3) is 0.412. The molecule has 0 atom stereocenters. The zero-order chi connectivity index (χ0) is 20.1. The van der Waals surface area contributed by atoms with E-state index < -0.39 is 23.1 Å². The first-order chi connectivity index (χ1) is 12.4. The minimum absolute atomic E-state index is 0.0589. The van der Waals surface area contributed by atoms with E-state index in [9.17, 15) is 22.8 Å². The Kier molecular flexibility index (Phi) is 4.49. The summed E-state index contributed by atoms with van der Waals surface area (Å²) in [7, 11) is 1.29. The van der Waals surface area contributed by atoms with Gasteiger partial charge in [-0.3, -0.25) is 13.9 Å². The predicted octanol–water partition coefficient (Wildman–Crippen LogP) is 2.92. The van der Waals surface area contributed by atoms with Crippen LogP contribution in [0.3, 0.4) is 0 Å². The van der Waals surface area contributed by atoms with Crippen LogP contribution in [0.2, 0.25) is 0 Å². The van der Waals surface area contributed by atoms with E-state index in [2.05, 4.69) is 9.97 Å². The van der Waals surface area contributed by atoms with E-state index in [0.717, 1.165) is 26.3 Å². The highest BCUT2D eigenvalue weighted by molar-refractivity contribution is 7.09. The van der Waals surface area contributed by atoms with Gasteiger partial charge in [-0.1, -0.05) is 20.8 Å². The molecule has 144 valence electrons. The third-order valence-corrected chi connectivity index (χ3v) is 5.31. The van der Waals surface area contributed by atoms with Crippen LogP contribution in [0.1, 0.15) is 37.2 Å². The SMILES string of the molecule is Cn1c(=O)n(Cc2csc(C(C)(C)C)n2)c(=O)c2ccc(C(F)(F)F)nc21. The summed E-state index contributed by atoms with van der Waals surface area (Å²) >= 11 is 1.43. The number of thiazole rings is 1. The predicted molar refractivity (Wildman–Crippen MR) is 96.2 cm³/mol. The summed E-state index contributed by atoms with van der Waals surface area (Å²) in [5.41, 5.74) is -2.52. The van der Waals surface area contributed by atoms with Crippen LogP contribution < -0.4 is 11.2 Å². The molecule has 3 heterocycles. The summed E-state index contributed by atoms with van der Waals surface area (Å²) in [6.07, 6.45) is -4.66. The maximum Gasteiger partial charge on any atom is 0.433 e. The zero-order valence-electron chi connectivity index (χ0n) is 15.1. The lowest BCUT2D eigenvalue weighted by Crippen LogP contribution is -2.40. The van der Waals surface area contributed by atoms with E-state index in [4.69, 9.17) is 0 Å². The fourth-order valence-corrected chi connectivity index (χ4v) is 3.46. The van der Waals surface area contributed by atoms with Crippen molar-refractivity contribution in [1.29, 1.82) is 0 Å². The van der Waals surface area contributed by atoms with E-state index in [-0.39, 0.29) is 23.0 Å². The molecular formula is C17H17F3N4O2S. The quantitative estimate of drug-likeness (QED) is 0.666. The standard InChI is InChI=1S/C17H17F3N4O2S/c1-16(2,3)14-21-9(8-27-14)7-24-13(25)10-5-6-11(17(18,19)20)22-12(10)23(4)15(24)26/h5-6,8H,7H2,1-4H3. The van der Waals surface area contributed by atoms with Gasteiger partial charge in [0, 0.05) is 17.8 Å². The average molecular weight is 398 g/mol. The normalized spacial score (nSPS) is 12.7. The average Bonchev–Trinajstić information content (AvgIpc) is 3.04. The minimum Gasteiger partial charge on any atom is -0.280 e. The molecule has 27 heavy (non-hydrogen) atoms. The first kappa shape index (κ1) is 19.3. The van der Waals surface area contributed by atoms with Crippen LogP contribution in [0.5, 0.6) is 0 Å². The number of aryl methyl sites for hydroxylation is 1. The molecule has 6 nitrogen and oxygen atoms in total. The van der Waals surface area contributed by atoms with Gasteiger partial charge in [-0.25, -0.2) is 14.8 Å². The van der Waals surface area contributed by atoms with Gasteiger partial charge in [-0.05, 0) is 12.1 Å². The smallest absolute Gasteiger partial charge is 0.280 e. The maximum absolute atomic E-state index is 12.9. The molecule has 0 aliphatic carbocycles. The van der Waals surface area contributed by atoms with Crippen LogP contribution >= 0.6 is 11.3 Å². The van der Waals surface area contributed by atoms with Gasteiger partial charge < -0.3 is 0 Å². The molecule has 0 aliphatic heterocycles. The Labute approximate surface area is 155 Å². The first-order valence-corrected chi connectivity index (χ1v) is 8.90. The van der Waals surface area contributed by atoms with Crippen LogP contribution in [0.4, 0.5) is 13.2 Å². The van der Waals surface area contributed by atoms with Crippen molar-refractivity contribution in [2.75, 3.05) is 0 Å². The van der Waals surface area contributed by atoms with Gasteiger partial charge in [0.1, 0.15) is 11.3 Å². The van der Waals surface area contributed by atoms with Crippen LogP contribution in [-0.2, 0) is 25.2 Å². The highest BCUT2D eigenvalue weighted by atomic mass is 32.1. The largest absolute Gasteiger partial charge is 0.433 e. The Hall–Kier alpha value is -2.49. The molecule has 0 saturated carbocycles. The summed E-state index contributed by atoms with van der Waals surface area (Å²) in [6, 6.07) is 1.78. The number of rotatable bonds is 2. The second-order valence-electron chi connectivity index (χ2n) is 7.19. The van der Waals surface area contributed by atoms with Crippen molar-refractivity contribution in [3.05, 3.63) is 54.7 Å². The summed E-state index contributed by atoms with van der Waals surface area (Å²) < 4.78 is 40.5. The monoisotopic (exact) mass is 398 g/mol. The number of nitrogens with zero attached hydrogens (tertiary/aromatic N) is 4. The van der Waals surface area contributed by atoms with Gasteiger partial charge >= 0.3 is 11.9 Å². The van der Waals surface area contributed by atoms with Gasteiger partial charge in [-0.2, -0.15) is 13.2 Å². The Morgan fingerprint density at radius 2 is 1.78 bits per heavy atom. The number of hydrogen-bond acceptors (Lipinski definition) is 5. The number of alkyl halides is 3. The zero-order valence-corrected chi connectivity index (χ0v) is 15.9. The van der Waals surface area contributed by atoms with Crippen molar-refractivity contribution < 1.29 is 13.2 Å². The van der Waals surface area contributed by atoms with Crippen LogP contribution in [0.15, 0.2) is 27.1 Å². The highest BCUT2D eigenvalue weighted by Crippen LogP contribution is 2.28. The van der Waals surface area contributed by atoms with E-state index in [1.807, 2.05) is 20.8 Å². The van der Waals surface area contributed by atoms with E-state index in [1.165, 1.54) is 18.4 Å². The second kappa shape index (κ2) is 6.29. The molecule has 0 saturated heterocycles. The van der Waals surface area contributed by atoms with Gasteiger partial charge in [0.2, 0.25) is 0 Å². The fourth-order valence-electron chi connectivity index (χ4n) is 2.56. The van der Waals surface area contributed by atoms with Gasteiger partial charge in [-0.15, -0.1) is 11.3 Å². The van der Waals surface area contributed by atoms with Gasteiger partial charge in [0.15, 0.2) is 0 Å². The number of hydrogen-bond donors (Lipinski definition) is 0. The van der Waals surface area contributed by atoms with Crippen molar-refractivity contribution in [1.82, 2.24) is 19.1 Å². The van der Waals surface area contributed by atoms with E-state index in [0.29, 0.717) is 5.69 Å². The Morgan fingerprint density at radius 1 is 1.11 bits per heavy atom. The summed E-state index contributed by atoms with van der Waals surface area (Å²) in [5, 5.41) is 2.57. The third-order valence-electron chi connectivity index (χ3n) is 3.99. The van der Waals surface area contributed by atoms with Crippen LogP contribution in [-0.4, -0.2) is 19.1 Å². The highest BCUT2D eigenvalue weighted by Gasteiger charge is 2.33. The topological polar surface area (TPSA) is 69.8 Å². The lowest BCUT2D eigenvalue weighted by Gasteiger charge is -2.14. The Balaban J connectivity index is 2.14. The number of fused-ring (bicyclic) bond motifs is 1. The molecule has 0 amide bonds. The molecule has 0 spiro atoms. The number of pyridine rings is 1. The second-order valence-corrected chi connectivity index (χ2v) is 8.05. The van der Waals surface area contributed by atoms with Gasteiger partial charge in [0.05, 0.1) is 22.6 Å². The van der Waals surface area contributed by atoms with E-state index in [1.54, 1.807) is 5.38 Å². The molecule has 0 aliphatic rings. The summed E-state index contributed by atoms with van der Waals surface area (Å²) in [4.78, 5) is 33.2. The minimum atomic E-state index is -4.66. The molecule has 3 rings (SSSR count). The van der Waals surface area contributed by atoms with Crippen molar-refractivity contribution in [2.45, 2.75) is 38.9 Å². The summed E-state index contributed by atoms with van der Waals surface area (Å²) in [6.45, 7) is 5.94. The molecule has 0 radical (unpaired) electrons. The third kappa shape index (κ3) is 3.53. The number of aromatic nitrogens is 4. The molecule has 0 fully saturated rings. The first-order valence-electron chi connectivity index (χ1n) is 8.02. The van der Waals surface area contributed by atoms with Crippen molar-refractivity contribution >= 4 is 22.4 Å². The van der Waals surface area contributed by atoms with E-state index >= 15 is 0 Å². The lowest BCUT2D eigenvalue weighted by atomic mass is 9.98. The van der Waals surface area contributed by atoms with Crippen molar-refractivity contribution in [3.63, 3.8) is 0 Å². The van der Waals surface area contributed by atoms with Crippen molar-refractivity contribution in [3.8, 4) is 0 Å². The maximum atomic E-state index is 12.9. The lowest BCUT2D eigenvalue weighted by molar-refractivity contribution is -0.141. The molecule has 10 heteroatoms. The molecule has 0 bridgehead atoms. The molecule has 0 aromatic carbocycles. The Morgan fingerprint density at radius 3 is 2.33 bits per heavy atom. The molecule has 0 unspecified atom stereocenters. The van der Waals surface area contributed by atoms with Crippen molar-refractivity contribution in [2.24, 2.45) is 7.05 Å². The molecule has 0 N–H and O–H groups in total. The molecular weight excluding hydrogens is 381 g/mol. The summed E-state index contributed by atoms with van der Waals surface area (Å²) in [5.74, 6) is 0. The number of halogens is 3. The molecule has 3 aromatic heterocycles. The molecule has 3 aromatic rings. The van der Waals surface area contributed by atoms with Crippen LogP contribution in [0, 0.1) is 0 Å².